The van der Waals surface area contributed by atoms with Crippen LogP contribution in [0.5, 0.6) is 0 Å². The first-order valence-corrected chi connectivity index (χ1v) is 17.6. The number of anilines is 2. The highest BCUT2D eigenvalue weighted by Crippen LogP contribution is 2.32. The van der Waals surface area contributed by atoms with Crippen molar-refractivity contribution in [1.82, 2.24) is 29.2 Å². The maximum atomic E-state index is 13.9. The molecule has 11 nitrogen and oxygen atoms in total. The van der Waals surface area contributed by atoms with E-state index in [1.165, 1.54) is 0 Å². The van der Waals surface area contributed by atoms with E-state index in [0.717, 1.165) is 24.6 Å². The Morgan fingerprint density at radius 2 is 1.79 bits per heavy atom. The SMILES string of the molecule is C[C@@H](Cn1ccc(C(=O)N2CCN(c3ncc(F)cn3)CC2)c1)Nc1cnn(COCC[Si](C)(C)C)c(=O)c1C(F)(F)F. The molecule has 4 rings (SSSR count). The number of hydrogen-bond acceptors (Lipinski definition) is 8. The number of ether oxygens (including phenoxy) is 1. The summed E-state index contributed by atoms with van der Waals surface area (Å²) in [6.07, 6.45) is 1.59. The fourth-order valence-corrected chi connectivity index (χ4v) is 5.32. The van der Waals surface area contributed by atoms with Crippen molar-refractivity contribution in [3.05, 3.63) is 64.3 Å². The van der Waals surface area contributed by atoms with E-state index >= 15 is 0 Å². The van der Waals surface area contributed by atoms with Gasteiger partial charge in [-0.2, -0.15) is 18.3 Å². The molecule has 0 bridgehead atoms. The van der Waals surface area contributed by atoms with Crippen LogP contribution in [0.15, 0.2) is 41.8 Å². The van der Waals surface area contributed by atoms with Gasteiger partial charge < -0.3 is 24.4 Å². The average molecular weight is 625 g/mol. The molecule has 0 radical (unpaired) electrons. The number of halogens is 4. The molecule has 234 valence electrons. The number of piperazine rings is 1. The first kappa shape index (κ1) is 32.1. The molecule has 0 unspecified atom stereocenters. The minimum atomic E-state index is -4.90. The van der Waals surface area contributed by atoms with E-state index in [0.29, 0.717) is 49.0 Å². The van der Waals surface area contributed by atoms with Gasteiger partial charge in [0, 0.05) is 65.8 Å². The lowest BCUT2D eigenvalue weighted by atomic mass is 10.2. The molecule has 1 atom stereocenters. The van der Waals surface area contributed by atoms with Crippen LogP contribution in [0, 0.1) is 5.82 Å². The van der Waals surface area contributed by atoms with Gasteiger partial charge in [0.15, 0.2) is 5.82 Å². The van der Waals surface area contributed by atoms with Crippen LogP contribution in [0.25, 0.3) is 0 Å². The molecular formula is C27H36F4N8O3Si. The van der Waals surface area contributed by atoms with E-state index in [-0.39, 0.29) is 19.2 Å². The highest BCUT2D eigenvalue weighted by atomic mass is 28.3. The molecule has 3 aromatic heterocycles. The molecule has 0 aromatic carbocycles. The van der Waals surface area contributed by atoms with Crippen LogP contribution in [-0.4, -0.2) is 82.0 Å². The van der Waals surface area contributed by atoms with Crippen LogP contribution < -0.4 is 15.8 Å². The number of alkyl halides is 3. The predicted octanol–water partition coefficient (Wildman–Crippen LogP) is 3.77. The molecule has 1 aliphatic heterocycles. The summed E-state index contributed by atoms with van der Waals surface area (Å²) in [5.41, 5.74) is -2.60. The largest absolute Gasteiger partial charge is 0.423 e. The van der Waals surface area contributed by atoms with Gasteiger partial charge in [-0.25, -0.2) is 19.0 Å². The van der Waals surface area contributed by atoms with Gasteiger partial charge in [-0.15, -0.1) is 0 Å². The van der Waals surface area contributed by atoms with Crippen molar-refractivity contribution in [2.75, 3.05) is 43.0 Å². The Balaban J connectivity index is 1.35. The van der Waals surface area contributed by atoms with E-state index in [4.69, 9.17) is 4.74 Å². The van der Waals surface area contributed by atoms with Gasteiger partial charge in [0.25, 0.3) is 11.5 Å². The van der Waals surface area contributed by atoms with Gasteiger partial charge in [-0.1, -0.05) is 19.6 Å². The number of nitrogens with zero attached hydrogens (tertiary/aromatic N) is 7. The zero-order chi connectivity index (χ0) is 31.4. The Hall–Kier alpha value is -3.79. The van der Waals surface area contributed by atoms with Crippen LogP contribution in [0.2, 0.25) is 25.7 Å². The fourth-order valence-electron chi connectivity index (χ4n) is 4.56. The van der Waals surface area contributed by atoms with E-state index in [1.54, 1.807) is 34.9 Å². The topological polar surface area (TPSA) is 110 Å². The maximum Gasteiger partial charge on any atom is 0.423 e. The van der Waals surface area contributed by atoms with Gasteiger partial charge in [0.1, 0.15) is 12.3 Å². The number of hydrogen-bond donors (Lipinski definition) is 1. The number of amides is 1. The third kappa shape index (κ3) is 8.62. The molecule has 1 N–H and O–H groups in total. The molecule has 0 aliphatic carbocycles. The van der Waals surface area contributed by atoms with Crippen LogP contribution >= 0.6 is 0 Å². The molecule has 1 amide bonds. The number of rotatable bonds is 11. The lowest BCUT2D eigenvalue weighted by Gasteiger charge is -2.34. The lowest BCUT2D eigenvalue weighted by Crippen LogP contribution is -2.49. The van der Waals surface area contributed by atoms with Crippen molar-refractivity contribution < 1.29 is 27.1 Å². The normalized spacial score (nSPS) is 15.1. The van der Waals surface area contributed by atoms with Gasteiger partial charge in [-0.3, -0.25) is 9.59 Å². The third-order valence-electron chi connectivity index (χ3n) is 6.88. The average Bonchev–Trinajstić information content (AvgIpc) is 3.39. The third-order valence-corrected chi connectivity index (χ3v) is 8.58. The highest BCUT2D eigenvalue weighted by Gasteiger charge is 2.38. The second-order valence-electron chi connectivity index (χ2n) is 11.7. The zero-order valence-corrected chi connectivity index (χ0v) is 25.6. The van der Waals surface area contributed by atoms with Crippen molar-refractivity contribution in [2.24, 2.45) is 0 Å². The van der Waals surface area contributed by atoms with Crippen LogP contribution in [0.3, 0.4) is 0 Å². The molecule has 0 saturated carbocycles. The Morgan fingerprint density at radius 3 is 2.42 bits per heavy atom. The molecule has 1 saturated heterocycles. The Kier molecular flexibility index (Phi) is 9.89. The second kappa shape index (κ2) is 13.2. The van der Waals surface area contributed by atoms with Crippen LogP contribution in [0.1, 0.15) is 22.8 Å². The summed E-state index contributed by atoms with van der Waals surface area (Å²) < 4.78 is 62.7. The summed E-state index contributed by atoms with van der Waals surface area (Å²) >= 11 is 0. The predicted molar refractivity (Wildman–Crippen MR) is 155 cm³/mol. The molecule has 43 heavy (non-hydrogen) atoms. The maximum absolute atomic E-state index is 13.9. The zero-order valence-electron chi connectivity index (χ0n) is 24.6. The fraction of sp³-hybridized carbons (Fsp3) is 0.519. The summed E-state index contributed by atoms with van der Waals surface area (Å²) in [5, 5.41) is 6.66. The molecule has 0 spiro atoms. The summed E-state index contributed by atoms with van der Waals surface area (Å²) in [7, 11) is -1.40. The van der Waals surface area contributed by atoms with Crippen molar-refractivity contribution in [3.8, 4) is 0 Å². The standard InChI is InChI=1S/C27H36F4N8O3Si/c1-19(35-22-15-34-39(18-42-11-12-43(2,3)4)25(41)23(22)27(29,30)31)16-36-6-5-20(17-36)24(40)37-7-9-38(10-8-37)26-32-13-21(28)14-33-26/h5-6,13-15,17,19,35H,7-12,16,18H2,1-4H3/t19-/m0/s1. The number of aromatic nitrogens is 5. The summed E-state index contributed by atoms with van der Waals surface area (Å²) in [4.78, 5) is 37.3. The molecule has 16 heteroatoms. The number of nitrogens with one attached hydrogen (secondary N) is 1. The lowest BCUT2D eigenvalue weighted by molar-refractivity contribution is -0.138. The van der Waals surface area contributed by atoms with Gasteiger partial charge >= 0.3 is 6.18 Å². The van der Waals surface area contributed by atoms with E-state index in [2.05, 4.69) is 40.0 Å². The van der Waals surface area contributed by atoms with E-state index in [9.17, 15) is 27.2 Å². The van der Waals surface area contributed by atoms with Crippen molar-refractivity contribution in [1.29, 1.82) is 0 Å². The molecule has 3 aromatic rings. The summed E-state index contributed by atoms with van der Waals surface area (Å²) in [6, 6.07) is 1.92. The van der Waals surface area contributed by atoms with E-state index < -0.39 is 42.9 Å². The minimum absolute atomic E-state index is 0.182. The van der Waals surface area contributed by atoms with Gasteiger partial charge in [-0.05, 0) is 19.0 Å². The van der Waals surface area contributed by atoms with Crippen LogP contribution in [0.4, 0.5) is 29.2 Å². The van der Waals surface area contributed by atoms with E-state index in [1.807, 2.05) is 4.90 Å². The van der Waals surface area contributed by atoms with Crippen molar-refractivity contribution >= 4 is 25.6 Å². The summed E-state index contributed by atoms with van der Waals surface area (Å²) in [5.74, 6) is -0.309. The minimum Gasteiger partial charge on any atom is -0.379 e. The molecule has 1 aliphatic rings. The second-order valence-corrected chi connectivity index (χ2v) is 17.3. The molecule has 4 heterocycles. The first-order chi connectivity index (χ1) is 20.2. The Bertz CT molecular complexity index is 1450. The highest BCUT2D eigenvalue weighted by molar-refractivity contribution is 6.76. The van der Waals surface area contributed by atoms with Crippen LogP contribution in [-0.2, 0) is 24.2 Å². The van der Waals surface area contributed by atoms with Gasteiger partial charge in [0.05, 0.1) is 29.8 Å². The quantitative estimate of drug-likeness (QED) is 0.195. The number of carbonyl (C=O) groups excluding carboxylic acids is 1. The number of carbonyl (C=O) groups is 1. The monoisotopic (exact) mass is 624 g/mol. The smallest absolute Gasteiger partial charge is 0.379 e. The Morgan fingerprint density at radius 1 is 1.12 bits per heavy atom. The molecular weight excluding hydrogens is 588 g/mol. The van der Waals surface area contributed by atoms with Crippen molar-refractivity contribution in [2.45, 2.75) is 58.1 Å². The molecule has 1 fully saturated rings. The Labute approximate surface area is 247 Å². The van der Waals surface area contributed by atoms with Gasteiger partial charge in [0.2, 0.25) is 5.95 Å². The first-order valence-electron chi connectivity index (χ1n) is 13.9. The summed E-state index contributed by atoms with van der Waals surface area (Å²) in [6.45, 7) is 10.1. The van der Waals surface area contributed by atoms with Crippen molar-refractivity contribution in [3.63, 3.8) is 0 Å².